The molecule has 2 N–H and O–H groups in total. The summed E-state index contributed by atoms with van der Waals surface area (Å²) in [6, 6.07) is 8.63. The number of hydrogen-bond donors (Lipinski definition) is 2. The van der Waals surface area contributed by atoms with Gasteiger partial charge in [-0.3, -0.25) is 0 Å². The lowest BCUT2D eigenvalue weighted by molar-refractivity contribution is -0.00647. The Morgan fingerprint density at radius 2 is 2.00 bits per heavy atom. The van der Waals surface area contributed by atoms with Crippen LogP contribution in [0.5, 0.6) is 0 Å². The quantitative estimate of drug-likeness (QED) is 0.734. The van der Waals surface area contributed by atoms with Crippen LogP contribution in [0.1, 0.15) is 30.9 Å². The van der Waals surface area contributed by atoms with Gasteiger partial charge >= 0.3 is 0 Å². The second-order valence-electron chi connectivity index (χ2n) is 4.71. The lowest BCUT2D eigenvalue weighted by Gasteiger charge is -2.36. The Bertz CT molecular complexity index is 333. The average Bonchev–Trinajstić information content (AvgIpc) is 2.18. The zero-order valence-electron chi connectivity index (χ0n) is 9.46. The topological polar surface area (TPSA) is 32.3 Å². The second kappa shape index (κ2) is 3.95. The summed E-state index contributed by atoms with van der Waals surface area (Å²) in [7, 11) is 0. The van der Waals surface area contributed by atoms with Crippen LogP contribution in [0.2, 0.25) is 0 Å². The molecule has 1 aromatic rings. The Morgan fingerprint density at radius 1 is 1.33 bits per heavy atom. The van der Waals surface area contributed by atoms with Crippen LogP contribution in [0.3, 0.4) is 0 Å². The van der Waals surface area contributed by atoms with E-state index < -0.39 is 5.60 Å². The summed E-state index contributed by atoms with van der Waals surface area (Å²) in [6.45, 7) is 5.09. The first kappa shape index (κ1) is 10.7. The van der Waals surface area contributed by atoms with Crippen LogP contribution >= 0.6 is 0 Å². The van der Waals surface area contributed by atoms with Gasteiger partial charge in [-0.1, -0.05) is 29.8 Å². The largest absolute Gasteiger partial charge is 0.385 e. The summed E-state index contributed by atoms with van der Waals surface area (Å²) in [5, 5.41) is 13.9. The standard InChI is InChI=1S/C13H19NO/c1-10-3-5-12(6-4-10)13(15)7-8-14-11(2)9-13/h3-6,11,14-15H,7-9H2,1-2H3. The molecule has 1 aliphatic heterocycles. The Labute approximate surface area is 91.3 Å². The van der Waals surface area contributed by atoms with Crippen molar-refractivity contribution < 1.29 is 5.11 Å². The van der Waals surface area contributed by atoms with E-state index in [1.807, 2.05) is 12.1 Å². The highest BCUT2D eigenvalue weighted by Gasteiger charge is 2.33. The van der Waals surface area contributed by atoms with Crippen molar-refractivity contribution in [2.75, 3.05) is 6.54 Å². The molecule has 0 aliphatic carbocycles. The third-order valence-corrected chi connectivity index (χ3v) is 3.26. The van der Waals surface area contributed by atoms with E-state index >= 15 is 0 Å². The van der Waals surface area contributed by atoms with E-state index in [1.54, 1.807) is 0 Å². The first-order valence-electron chi connectivity index (χ1n) is 5.63. The lowest BCUT2D eigenvalue weighted by Crippen LogP contribution is -2.44. The second-order valence-corrected chi connectivity index (χ2v) is 4.71. The molecule has 1 saturated heterocycles. The molecule has 2 rings (SSSR count). The van der Waals surface area contributed by atoms with Crippen LogP contribution in [0.4, 0.5) is 0 Å². The van der Waals surface area contributed by atoms with E-state index in [4.69, 9.17) is 0 Å². The van der Waals surface area contributed by atoms with E-state index in [0.717, 1.165) is 24.9 Å². The van der Waals surface area contributed by atoms with Gasteiger partial charge in [-0.15, -0.1) is 0 Å². The van der Waals surface area contributed by atoms with Crippen molar-refractivity contribution in [1.82, 2.24) is 5.32 Å². The first-order chi connectivity index (χ1) is 7.10. The summed E-state index contributed by atoms with van der Waals surface area (Å²) in [6.07, 6.45) is 1.61. The van der Waals surface area contributed by atoms with Gasteiger partial charge in [0.1, 0.15) is 0 Å². The summed E-state index contributed by atoms with van der Waals surface area (Å²) in [5.74, 6) is 0. The Kier molecular flexibility index (Phi) is 2.81. The summed E-state index contributed by atoms with van der Waals surface area (Å²) < 4.78 is 0. The van der Waals surface area contributed by atoms with Crippen LogP contribution in [-0.2, 0) is 5.60 Å². The molecule has 0 aromatic heterocycles. The fraction of sp³-hybridized carbons (Fsp3) is 0.538. The molecule has 1 heterocycles. The molecule has 2 atom stereocenters. The molecule has 82 valence electrons. The van der Waals surface area contributed by atoms with Gasteiger partial charge in [-0.05, 0) is 38.8 Å². The van der Waals surface area contributed by atoms with Crippen molar-refractivity contribution in [1.29, 1.82) is 0 Å². The average molecular weight is 205 g/mol. The predicted octanol–water partition coefficient (Wildman–Crippen LogP) is 1.95. The van der Waals surface area contributed by atoms with Crippen molar-refractivity contribution >= 4 is 0 Å². The molecular formula is C13H19NO. The van der Waals surface area contributed by atoms with E-state index in [-0.39, 0.29) is 0 Å². The maximum absolute atomic E-state index is 10.6. The van der Waals surface area contributed by atoms with E-state index in [1.165, 1.54) is 5.56 Å². The maximum Gasteiger partial charge on any atom is 0.0923 e. The van der Waals surface area contributed by atoms with Crippen molar-refractivity contribution in [2.45, 2.75) is 38.3 Å². The fourth-order valence-corrected chi connectivity index (χ4v) is 2.33. The number of aliphatic hydroxyl groups is 1. The smallest absolute Gasteiger partial charge is 0.0923 e. The number of nitrogens with one attached hydrogen (secondary N) is 1. The van der Waals surface area contributed by atoms with Crippen LogP contribution in [0.25, 0.3) is 0 Å². The van der Waals surface area contributed by atoms with Crippen LogP contribution in [-0.4, -0.2) is 17.7 Å². The SMILES string of the molecule is Cc1ccc(C2(O)CCNC(C)C2)cc1. The molecule has 1 aliphatic rings. The molecular weight excluding hydrogens is 186 g/mol. The van der Waals surface area contributed by atoms with Crippen molar-refractivity contribution in [3.63, 3.8) is 0 Å². The molecule has 1 fully saturated rings. The number of rotatable bonds is 1. The molecule has 0 radical (unpaired) electrons. The van der Waals surface area contributed by atoms with Crippen molar-refractivity contribution in [3.05, 3.63) is 35.4 Å². The fourth-order valence-electron chi connectivity index (χ4n) is 2.33. The number of benzene rings is 1. The van der Waals surface area contributed by atoms with Crippen molar-refractivity contribution in [2.24, 2.45) is 0 Å². The monoisotopic (exact) mass is 205 g/mol. The molecule has 0 bridgehead atoms. The van der Waals surface area contributed by atoms with Gasteiger partial charge in [0.15, 0.2) is 0 Å². The minimum absolute atomic E-state index is 0.394. The van der Waals surface area contributed by atoms with Gasteiger partial charge in [0, 0.05) is 6.04 Å². The van der Waals surface area contributed by atoms with Gasteiger partial charge in [0.2, 0.25) is 0 Å². The number of aryl methyl sites for hydroxylation is 1. The molecule has 2 nitrogen and oxygen atoms in total. The lowest BCUT2D eigenvalue weighted by atomic mass is 9.82. The third kappa shape index (κ3) is 2.21. The van der Waals surface area contributed by atoms with E-state index in [2.05, 4.69) is 31.3 Å². The third-order valence-electron chi connectivity index (χ3n) is 3.26. The summed E-state index contributed by atoms with van der Waals surface area (Å²) >= 11 is 0. The molecule has 1 aromatic carbocycles. The minimum Gasteiger partial charge on any atom is -0.385 e. The highest BCUT2D eigenvalue weighted by molar-refractivity contribution is 5.27. The van der Waals surface area contributed by atoms with Gasteiger partial charge in [-0.25, -0.2) is 0 Å². The molecule has 0 spiro atoms. The Morgan fingerprint density at radius 3 is 2.60 bits per heavy atom. The first-order valence-corrected chi connectivity index (χ1v) is 5.63. The van der Waals surface area contributed by atoms with Gasteiger partial charge in [0.25, 0.3) is 0 Å². The highest BCUT2D eigenvalue weighted by atomic mass is 16.3. The zero-order valence-corrected chi connectivity index (χ0v) is 9.46. The summed E-state index contributed by atoms with van der Waals surface area (Å²) in [5.41, 5.74) is 1.67. The minimum atomic E-state index is -0.627. The number of piperidine rings is 1. The van der Waals surface area contributed by atoms with Gasteiger partial charge in [0.05, 0.1) is 5.60 Å². The summed E-state index contributed by atoms with van der Waals surface area (Å²) in [4.78, 5) is 0. The zero-order chi connectivity index (χ0) is 10.9. The molecule has 0 saturated carbocycles. The van der Waals surface area contributed by atoms with E-state index in [9.17, 15) is 5.11 Å². The molecule has 0 amide bonds. The van der Waals surface area contributed by atoms with Gasteiger partial charge < -0.3 is 10.4 Å². The van der Waals surface area contributed by atoms with Crippen LogP contribution < -0.4 is 5.32 Å². The maximum atomic E-state index is 10.6. The molecule has 15 heavy (non-hydrogen) atoms. The van der Waals surface area contributed by atoms with Crippen LogP contribution in [0.15, 0.2) is 24.3 Å². The normalized spacial score (nSPS) is 31.5. The Hall–Kier alpha value is -0.860. The Balaban J connectivity index is 2.24. The highest BCUT2D eigenvalue weighted by Crippen LogP contribution is 2.32. The molecule has 2 heteroatoms. The van der Waals surface area contributed by atoms with Gasteiger partial charge in [-0.2, -0.15) is 0 Å². The number of hydrogen-bond acceptors (Lipinski definition) is 2. The molecule has 2 unspecified atom stereocenters. The van der Waals surface area contributed by atoms with Crippen molar-refractivity contribution in [3.8, 4) is 0 Å². The van der Waals surface area contributed by atoms with Crippen LogP contribution in [0, 0.1) is 6.92 Å². The van der Waals surface area contributed by atoms with E-state index in [0.29, 0.717) is 6.04 Å². The predicted molar refractivity (Wildman–Crippen MR) is 61.8 cm³/mol.